The number of aromatic nitrogens is 2. The standard InChI is InChI=1S/C19H24N4O/c1-15-2-5-18(23-7-6-20-14-23)17(12-15)19(24)22-10-8-21(9-11-22)13-16-3-4-16/h2,5-7,12,14,16H,3-4,8-11,13H2,1H3. The highest BCUT2D eigenvalue weighted by atomic mass is 16.2. The summed E-state index contributed by atoms with van der Waals surface area (Å²) in [6.45, 7) is 6.88. The minimum absolute atomic E-state index is 0.133. The summed E-state index contributed by atoms with van der Waals surface area (Å²) in [6.07, 6.45) is 8.14. The van der Waals surface area contributed by atoms with Gasteiger partial charge in [-0.05, 0) is 37.8 Å². The minimum atomic E-state index is 0.133. The van der Waals surface area contributed by atoms with Crippen molar-refractivity contribution in [3.8, 4) is 5.69 Å². The lowest BCUT2D eigenvalue weighted by atomic mass is 10.1. The van der Waals surface area contributed by atoms with Crippen molar-refractivity contribution in [2.75, 3.05) is 32.7 Å². The van der Waals surface area contributed by atoms with Crippen LogP contribution < -0.4 is 0 Å². The number of imidazole rings is 1. The Morgan fingerprint density at radius 2 is 2.00 bits per heavy atom. The minimum Gasteiger partial charge on any atom is -0.336 e. The molecule has 0 atom stereocenters. The van der Waals surface area contributed by atoms with Gasteiger partial charge in [0.1, 0.15) is 0 Å². The van der Waals surface area contributed by atoms with Gasteiger partial charge in [0.15, 0.2) is 0 Å². The molecule has 2 fully saturated rings. The maximum atomic E-state index is 13.1. The molecule has 126 valence electrons. The van der Waals surface area contributed by atoms with Crippen molar-refractivity contribution in [2.45, 2.75) is 19.8 Å². The number of piperazine rings is 1. The third-order valence-electron chi connectivity index (χ3n) is 5.04. The smallest absolute Gasteiger partial charge is 0.256 e. The van der Waals surface area contributed by atoms with Gasteiger partial charge in [0.2, 0.25) is 0 Å². The van der Waals surface area contributed by atoms with E-state index in [-0.39, 0.29) is 5.91 Å². The van der Waals surface area contributed by atoms with Gasteiger partial charge in [-0.3, -0.25) is 9.69 Å². The fourth-order valence-electron chi connectivity index (χ4n) is 3.42. The first kappa shape index (κ1) is 15.4. The highest BCUT2D eigenvalue weighted by Crippen LogP contribution is 2.30. The van der Waals surface area contributed by atoms with Crippen molar-refractivity contribution in [1.29, 1.82) is 0 Å². The van der Waals surface area contributed by atoms with Crippen molar-refractivity contribution in [3.05, 3.63) is 48.0 Å². The van der Waals surface area contributed by atoms with Crippen LogP contribution in [0.3, 0.4) is 0 Å². The van der Waals surface area contributed by atoms with Crippen LogP contribution in [0.1, 0.15) is 28.8 Å². The summed E-state index contributed by atoms with van der Waals surface area (Å²) in [5, 5.41) is 0. The Bertz CT molecular complexity index is 713. The molecule has 1 aliphatic heterocycles. The molecule has 1 amide bonds. The van der Waals surface area contributed by atoms with Gasteiger partial charge >= 0.3 is 0 Å². The molecular weight excluding hydrogens is 300 g/mol. The van der Waals surface area contributed by atoms with E-state index in [1.807, 2.05) is 40.8 Å². The second kappa shape index (κ2) is 6.40. The van der Waals surface area contributed by atoms with Gasteiger partial charge in [-0.2, -0.15) is 0 Å². The van der Waals surface area contributed by atoms with Gasteiger partial charge < -0.3 is 9.47 Å². The van der Waals surface area contributed by atoms with Gasteiger partial charge in [-0.15, -0.1) is 0 Å². The number of hydrogen-bond acceptors (Lipinski definition) is 3. The normalized spacial score (nSPS) is 18.8. The molecule has 0 radical (unpaired) electrons. The van der Waals surface area contributed by atoms with Crippen LogP contribution in [0.15, 0.2) is 36.9 Å². The molecule has 1 saturated carbocycles. The van der Waals surface area contributed by atoms with E-state index in [1.54, 1.807) is 12.5 Å². The second-order valence-electron chi connectivity index (χ2n) is 7.03. The Hall–Kier alpha value is -2.14. The Balaban J connectivity index is 1.51. The summed E-state index contributed by atoms with van der Waals surface area (Å²) in [5.41, 5.74) is 2.78. The van der Waals surface area contributed by atoms with Gasteiger partial charge in [0.05, 0.1) is 17.6 Å². The zero-order chi connectivity index (χ0) is 16.5. The highest BCUT2D eigenvalue weighted by molar-refractivity contribution is 5.98. The molecule has 2 aromatic rings. The average Bonchev–Trinajstić information content (AvgIpc) is 3.24. The highest BCUT2D eigenvalue weighted by Gasteiger charge is 2.28. The molecule has 24 heavy (non-hydrogen) atoms. The molecule has 5 heteroatoms. The van der Waals surface area contributed by atoms with E-state index >= 15 is 0 Å². The summed E-state index contributed by atoms with van der Waals surface area (Å²) in [5.74, 6) is 1.05. The molecular formula is C19H24N4O. The number of hydrogen-bond donors (Lipinski definition) is 0. The topological polar surface area (TPSA) is 41.4 Å². The van der Waals surface area contributed by atoms with E-state index in [0.717, 1.165) is 48.9 Å². The number of carbonyl (C=O) groups is 1. The predicted molar refractivity (Wildman–Crippen MR) is 93.4 cm³/mol. The first-order chi connectivity index (χ1) is 11.7. The van der Waals surface area contributed by atoms with Crippen LogP contribution in [0.25, 0.3) is 5.69 Å². The third-order valence-corrected chi connectivity index (χ3v) is 5.04. The van der Waals surface area contributed by atoms with Gasteiger partial charge in [-0.25, -0.2) is 4.98 Å². The van der Waals surface area contributed by atoms with E-state index in [0.29, 0.717) is 0 Å². The van der Waals surface area contributed by atoms with E-state index in [1.165, 1.54) is 19.4 Å². The largest absolute Gasteiger partial charge is 0.336 e. The van der Waals surface area contributed by atoms with Crippen LogP contribution in [-0.4, -0.2) is 58.0 Å². The summed E-state index contributed by atoms with van der Waals surface area (Å²) in [4.78, 5) is 21.7. The van der Waals surface area contributed by atoms with Crippen molar-refractivity contribution in [2.24, 2.45) is 5.92 Å². The van der Waals surface area contributed by atoms with Crippen LogP contribution in [0.5, 0.6) is 0 Å². The molecule has 0 N–H and O–H groups in total. The van der Waals surface area contributed by atoms with Crippen LogP contribution in [0.4, 0.5) is 0 Å². The Morgan fingerprint density at radius 3 is 2.67 bits per heavy atom. The summed E-state index contributed by atoms with van der Waals surface area (Å²) in [6, 6.07) is 6.04. The quantitative estimate of drug-likeness (QED) is 0.867. The molecule has 1 aliphatic carbocycles. The molecule has 1 saturated heterocycles. The number of benzene rings is 1. The fourth-order valence-corrected chi connectivity index (χ4v) is 3.42. The van der Waals surface area contributed by atoms with E-state index in [4.69, 9.17) is 0 Å². The third kappa shape index (κ3) is 3.22. The maximum Gasteiger partial charge on any atom is 0.256 e. The summed E-state index contributed by atoms with van der Waals surface area (Å²) >= 11 is 0. The number of rotatable bonds is 4. The summed E-state index contributed by atoms with van der Waals surface area (Å²) in [7, 11) is 0. The molecule has 1 aromatic heterocycles. The van der Waals surface area contributed by atoms with Crippen molar-refractivity contribution in [3.63, 3.8) is 0 Å². The van der Waals surface area contributed by atoms with Gasteiger partial charge in [-0.1, -0.05) is 11.6 Å². The first-order valence-electron chi connectivity index (χ1n) is 8.81. The Morgan fingerprint density at radius 1 is 1.21 bits per heavy atom. The lowest BCUT2D eigenvalue weighted by Gasteiger charge is -2.35. The van der Waals surface area contributed by atoms with Gasteiger partial charge in [0.25, 0.3) is 5.91 Å². The van der Waals surface area contributed by atoms with E-state index < -0.39 is 0 Å². The molecule has 2 heterocycles. The van der Waals surface area contributed by atoms with Crippen molar-refractivity contribution in [1.82, 2.24) is 19.4 Å². The van der Waals surface area contributed by atoms with Crippen LogP contribution in [0.2, 0.25) is 0 Å². The van der Waals surface area contributed by atoms with Crippen molar-refractivity contribution < 1.29 is 4.79 Å². The van der Waals surface area contributed by atoms with E-state index in [9.17, 15) is 4.79 Å². The number of nitrogens with zero attached hydrogens (tertiary/aromatic N) is 4. The molecule has 5 nitrogen and oxygen atoms in total. The number of carbonyl (C=O) groups excluding carboxylic acids is 1. The summed E-state index contributed by atoms with van der Waals surface area (Å²) < 4.78 is 1.91. The van der Waals surface area contributed by atoms with Crippen LogP contribution in [-0.2, 0) is 0 Å². The molecule has 0 spiro atoms. The van der Waals surface area contributed by atoms with E-state index in [2.05, 4.69) is 9.88 Å². The Kier molecular flexibility index (Phi) is 4.10. The second-order valence-corrected chi connectivity index (χ2v) is 7.03. The lowest BCUT2D eigenvalue weighted by molar-refractivity contribution is 0.0632. The molecule has 0 unspecified atom stereocenters. The van der Waals surface area contributed by atoms with Crippen LogP contribution >= 0.6 is 0 Å². The predicted octanol–water partition coefficient (Wildman–Crippen LogP) is 2.35. The lowest BCUT2D eigenvalue weighted by Crippen LogP contribution is -2.49. The number of aryl methyl sites for hydroxylation is 1. The molecule has 0 bridgehead atoms. The zero-order valence-corrected chi connectivity index (χ0v) is 14.2. The Labute approximate surface area is 142 Å². The van der Waals surface area contributed by atoms with Crippen molar-refractivity contribution >= 4 is 5.91 Å². The number of amides is 1. The molecule has 2 aliphatic rings. The first-order valence-corrected chi connectivity index (χ1v) is 8.81. The monoisotopic (exact) mass is 324 g/mol. The zero-order valence-electron chi connectivity index (χ0n) is 14.2. The SMILES string of the molecule is Cc1ccc(-n2ccnc2)c(C(=O)N2CCN(CC3CC3)CC2)c1. The van der Waals surface area contributed by atoms with Gasteiger partial charge in [0, 0.05) is 45.1 Å². The average molecular weight is 324 g/mol. The fraction of sp³-hybridized carbons (Fsp3) is 0.474. The molecule has 1 aromatic carbocycles. The maximum absolute atomic E-state index is 13.1. The molecule has 4 rings (SSSR count). The van der Waals surface area contributed by atoms with Crippen LogP contribution in [0, 0.1) is 12.8 Å².